The second-order valence-electron chi connectivity index (χ2n) is 5.03. The van der Waals surface area contributed by atoms with Crippen LogP contribution in [0, 0.1) is 0 Å². The van der Waals surface area contributed by atoms with Crippen molar-refractivity contribution in [2.45, 2.75) is 38.9 Å². The van der Waals surface area contributed by atoms with Crippen LogP contribution in [0.25, 0.3) is 11.0 Å². The van der Waals surface area contributed by atoms with Crippen molar-refractivity contribution in [2.75, 3.05) is 18.8 Å². The normalized spacial score (nSPS) is 11.1. The number of carbonyl (C=O) groups excluding carboxylic acids is 1. The summed E-state index contributed by atoms with van der Waals surface area (Å²) < 4.78 is 2.17. The molecule has 4 nitrogen and oxygen atoms in total. The van der Waals surface area contributed by atoms with Crippen LogP contribution < -0.4 is 0 Å². The quantitative estimate of drug-likeness (QED) is 0.714. The molecule has 0 saturated heterocycles. The summed E-state index contributed by atoms with van der Waals surface area (Å²) in [4.78, 5) is 18.7. The summed E-state index contributed by atoms with van der Waals surface area (Å²) >= 11 is 7.55. The molecule has 6 heteroatoms. The van der Waals surface area contributed by atoms with Gasteiger partial charge in [0.05, 0.1) is 16.8 Å². The highest BCUT2D eigenvalue weighted by Crippen LogP contribution is 2.26. The van der Waals surface area contributed by atoms with E-state index in [1.807, 2.05) is 36.9 Å². The van der Waals surface area contributed by atoms with Gasteiger partial charge in [0.15, 0.2) is 5.16 Å². The number of halogens is 1. The fourth-order valence-corrected chi connectivity index (χ4v) is 3.53. The van der Waals surface area contributed by atoms with Crippen molar-refractivity contribution in [2.24, 2.45) is 0 Å². The molecule has 0 N–H and O–H groups in total. The Balaban J connectivity index is 2.22. The van der Waals surface area contributed by atoms with E-state index in [4.69, 9.17) is 11.6 Å². The van der Waals surface area contributed by atoms with Gasteiger partial charge in [-0.3, -0.25) is 4.79 Å². The largest absolute Gasteiger partial charge is 0.343 e. The number of aromatic nitrogens is 2. The van der Waals surface area contributed by atoms with Gasteiger partial charge >= 0.3 is 0 Å². The van der Waals surface area contributed by atoms with E-state index >= 15 is 0 Å². The molecular weight excluding hydrogens is 318 g/mol. The van der Waals surface area contributed by atoms with E-state index in [0.717, 1.165) is 42.2 Å². The summed E-state index contributed by atoms with van der Waals surface area (Å²) in [5, 5.41) is 1.57. The molecule has 0 spiro atoms. The Hall–Kier alpha value is -1.20. The minimum absolute atomic E-state index is 0.156. The van der Waals surface area contributed by atoms with Gasteiger partial charge in [-0.15, -0.1) is 0 Å². The van der Waals surface area contributed by atoms with Crippen LogP contribution in [0.2, 0.25) is 5.02 Å². The Bertz CT molecular complexity index is 652. The van der Waals surface area contributed by atoms with E-state index in [9.17, 15) is 4.79 Å². The number of hydrogen-bond acceptors (Lipinski definition) is 3. The number of fused-ring (bicyclic) bond motifs is 1. The number of rotatable bonds is 7. The Kier molecular flexibility index (Phi) is 6.15. The van der Waals surface area contributed by atoms with Gasteiger partial charge in [-0.1, -0.05) is 30.3 Å². The van der Waals surface area contributed by atoms with Crippen LogP contribution in [0.4, 0.5) is 0 Å². The number of carbonyl (C=O) groups is 1. The summed E-state index contributed by atoms with van der Waals surface area (Å²) in [6, 6.07) is 5.75. The third kappa shape index (κ3) is 3.76. The number of hydrogen-bond donors (Lipinski definition) is 0. The third-order valence-electron chi connectivity index (χ3n) is 3.56. The molecule has 120 valence electrons. The lowest BCUT2D eigenvalue weighted by Gasteiger charge is -2.18. The molecule has 0 atom stereocenters. The van der Waals surface area contributed by atoms with E-state index in [1.165, 1.54) is 11.8 Å². The first-order valence-corrected chi connectivity index (χ1v) is 9.03. The van der Waals surface area contributed by atoms with Crippen molar-refractivity contribution in [1.29, 1.82) is 0 Å². The number of aryl methyl sites for hydroxylation is 1. The Labute approximate surface area is 140 Å². The molecule has 1 amide bonds. The van der Waals surface area contributed by atoms with Crippen LogP contribution in [0.5, 0.6) is 0 Å². The molecular formula is C16H22ClN3OS. The maximum atomic E-state index is 12.2. The van der Waals surface area contributed by atoms with Crippen molar-refractivity contribution in [3.05, 3.63) is 23.2 Å². The Morgan fingerprint density at radius 2 is 2.05 bits per heavy atom. The lowest BCUT2D eigenvalue weighted by Crippen LogP contribution is -2.31. The van der Waals surface area contributed by atoms with Gasteiger partial charge in [0.1, 0.15) is 0 Å². The Morgan fingerprint density at radius 3 is 2.68 bits per heavy atom. The number of amides is 1. The zero-order valence-corrected chi connectivity index (χ0v) is 14.9. The molecule has 0 aliphatic carbocycles. The van der Waals surface area contributed by atoms with Gasteiger partial charge in [0.2, 0.25) is 5.91 Å². The third-order valence-corrected chi connectivity index (χ3v) is 4.76. The molecule has 0 radical (unpaired) electrons. The molecule has 22 heavy (non-hydrogen) atoms. The number of benzene rings is 1. The molecule has 1 heterocycles. The average Bonchev–Trinajstić information content (AvgIpc) is 2.84. The molecule has 2 aromatic rings. The summed E-state index contributed by atoms with van der Waals surface area (Å²) in [6.45, 7) is 8.52. The summed E-state index contributed by atoms with van der Waals surface area (Å²) in [5.41, 5.74) is 1.96. The van der Waals surface area contributed by atoms with Crippen LogP contribution in [0.1, 0.15) is 27.2 Å². The van der Waals surface area contributed by atoms with Gasteiger partial charge in [0, 0.05) is 24.7 Å². The van der Waals surface area contributed by atoms with Crippen LogP contribution >= 0.6 is 23.4 Å². The fraction of sp³-hybridized carbons (Fsp3) is 0.500. The van der Waals surface area contributed by atoms with Crippen LogP contribution in [-0.4, -0.2) is 39.2 Å². The molecule has 2 rings (SSSR count). The SMILES string of the molecule is CCCn1c(SCC(=O)N(CC)CC)nc2cc(Cl)ccc21. The second-order valence-corrected chi connectivity index (χ2v) is 6.41. The zero-order chi connectivity index (χ0) is 16.1. The molecule has 1 aromatic carbocycles. The number of thioether (sulfide) groups is 1. The highest BCUT2D eigenvalue weighted by molar-refractivity contribution is 7.99. The first-order chi connectivity index (χ1) is 10.6. The first kappa shape index (κ1) is 17.2. The smallest absolute Gasteiger partial charge is 0.233 e. The van der Waals surface area contributed by atoms with Crippen LogP contribution in [0.3, 0.4) is 0 Å². The summed E-state index contributed by atoms with van der Waals surface area (Å²) in [6.07, 6.45) is 1.02. The average molecular weight is 340 g/mol. The van der Waals surface area contributed by atoms with Gasteiger partial charge < -0.3 is 9.47 Å². The van der Waals surface area contributed by atoms with Crippen LogP contribution in [-0.2, 0) is 11.3 Å². The molecule has 1 aromatic heterocycles. The standard InChI is InChI=1S/C16H22ClN3OS/c1-4-9-20-14-8-7-12(17)10-13(14)18-16(20)22-11-15(21)19(5-2)6-3/h7-8,10H,4-6,9,11H2,1-3H3. The number of nitrogens with zero attached hydrogens (tertiary/aromatic N) is 3. The van der Waals surface area contributed by atoms with Gasteiger partial charge in [-0.2, -0.15) is 0 Å². The van der Waals surface area contributed by atoms with Crippen molar-refractivity contribution in [3.8, 4) is 0 Å². The lowest BCUT2D eigenvalue weighted by molar-refractivity contribution is -0.127. The summed E-state index contributed by atoms with van der Waals surface area (Å²) in [5.74, 6) is 0.575. The molecule has 0 aliphatic heterocycles. The number of imidazole rings is 1. The maximum Gasteiger partial charge on any atom is 0.233 e. The van der Waals surface area contributed by atoms with E-state index in [1.54, 1.807) is 0 Å². The highest BCUT2D eigenvalue weighted by Gasteiger charge is 2.15. The second kappa shape index (κ2) is 7.88. The van der Waals surface area contributed by atoms with E-state index < -0.39 is 0 Å². The van der Waals surface area contributed by atoms with Crippen LogP contribution in [0.15, 0.2) is 23.4 Å². The van der Waals surface area contributed by atoms with Gasteiger partial charge in [0.25, 0.3) is 0 Å². The fourth-order valence-electron chi connectivity index (χ4n) is 2.42. The minimum atomic E-state index is 0.156. The Morgan fingerprint density at radius 1 is 1.32 bits per heavy atom. The predicted octanol–water partition coefficient (Wildman–Crippen LogP) is 4.06. The minimum Gasteiger partial charge on any atom is -0.343 e. The predicted molar refractivity (Wildman–Crippen MR) is 93.7 cm³/mol. The molecule has 0 fully saturated rings. The maximum absolute atomic E-state index is 12.2. The first-order valence-electron chi connectivity index (χ1n) is 7.67. The van der Waals surface area contributed by atoms with Crippen molar-refractivity contribution >= 4 is 40.3 Å². The molecule has 0 aliphatic rings. The van der Waals surface area contributed by atoms with Gasteiger partial charge in [-0.25, -0.2) is 4.98 Å². The molecule has 0 saturated carbocycles. The topological polar surface area (TPSA) is 38.1 Å². The van der Waals surface area contributed by atoms with Crippen molar-refractivity contribution in [3.63, 3.8) is 0 Å². The summed E-state index contributed by atoms with van der Waals surface area (Å²) in [7, 11) is 0. The molecule has 0 bridgehead atoms. The highest BCUT2D eigenvalue weighted by atomic mass is 35.5. The van der Waals surface area contributed by atoms with E-state index in [-0.39, 0.29) is 5.91 Å². The zero-order valence-electron chi connectivity index (χ0n) is 13.3. The monoisotopic (exact) mass is 339 g/mol. The van der Waals surface area contributed by atoms with E-state index in [2.05, 4.69) is 16.5 Å². The van der Waals surface area contributed by atoms with Crippen molar-refractivity contribution in [1.82, 2.24) is 14.5 Å². The molecule has 0 unspecified atom stereocenters. The van der Waals surface area contributed by atoms with Gasteiger partial charge in [-0.05, 0) is 38.5 Å². The van der Waals surface area contributed by atoms with E-state index in [0.29, 0.717) is 10.8 Å². The van der Waals surface area contributed by atoms with Crippen molar-refractivity contribution < 1.29 is 4.79 Å². The lowest BCUT2D eigenvalue weighted by atomic mass is 10.3.